The Labute approximate surface area is 129 Å². The average molecular weight is 313 g/mol. The Morgan fingerprint density at radius 1 is 1.38 bits per heavy atom. The van der Waals surface area contributed by atoms with Crippen molar-refractivity contribution in [3.63, 3.8) is 0 Å². The van der Waals surface area contributed by atoms with Gasteiger partial charge in [0.2, 0.25) is 11.8 Å². The van der Waals surface area contributed by atoms with E-state index in [0.717, 1.165) is 17.8 Å². The molecule has 1 aliphatic rings. The minimum absolute atomic E-state index is 0.0433. The molecule has 1 unspecified atom stereocenters. The highest BCUT2D eigenvalue weighted by Crippen LogP contribution is 2.24. The third-order valence-corrected chi connectivity index (χ3v) is 4.22. The molecule has 2 amide bonds. The van der Waals surface area contributed by atoms with E-state index in [-0.39, 0.29) is 24.4 Å². The zero-order valence-corrected chi connectivity index (χ0v) is 13.4. The number of amides is 2. The van der Waals surface area contributed by atoms with Gasteiger partial charge >= 0.3 is 0 Å². The molecule has 1 atom stereocenters. The standard InChI is InChI=1S/C14H21ClN4O2/c1-4-10-14(15)11(19(5-2)17-10)8-18-9(3)6-12(20)16-7-13(18)21/h9H,4-8H2,1-3H3,(H,16,20). The molecular formula is C14H21ClN4O2. The largest absolute Gasteiger partial charge is 0.347 e. The zero-order valence-electron chi connectivity index (χ0n) is 12.6. The molecule has 0 aliphatic carbocycles. The quantitative estimate of drug-likeness (QED) is 0.912. The fraction of sp³-hybridized carbons (Fsp3) is 0.643. The summed E-state index contributed by atoms with van der Waals surface area (Å²) < 4.78 is 1.83. The Hall–Kier alpha value is -1.56. The van der Waals surface area contributed by atoms with Gasteiger partial charge in [-0.2, -0.15) is 5.10 Å². The monoisotopic (exact) mass is 312 g/mol. The highest BCUT2D eigenvalue weighted by atomic mass is 35.5. The fourth-order valence-electron chi connectivity index (χ4n) is 2.55. The van der Waals surface area contributed by atoms with Crippen molar-refractivity contribution < 1.29 is 9.59 Å². The van der Waals surface area contributed by atoms with E-state index in [0.29, 0.717) is 24.5 Å². The molecule has 1 aromatic heterocycles. The average Bonchev–Trinajstić information content (AvgIpc) is 2.70. The Balaban J connectivity index is 2.29. The summed E-state index contributed by atoms with van der Waals surface area (Å²) in [5, 5.41) is 7.71. The maximum Gasteiger partial charge on any atom is 0.242 e. The molecule has 0 spiro atoms. The molecular weight excluding hydrogens is 292 g/mol. The van der Waals surface area contributed by atoms with Crippen LogP contribution in [-0.2, 0) is 29.1 Å². The molecule has 0 aromatic carbocycles. The predicted octanol–water partition coefficient (Wildman–Crippen LogP) is 1.36. The van der Waals surface area contributed by atoms with Crippen LogP contribution in [0.2, 0.25) is 5.02 Å². The third kappa shape index (κ3) is 3.20. The highest BCUT2D eigenvalue weighted by molar-refractivity contribution is 6.31. The van der Waals surface area contributed by atoms with Crippen LogP contribution in [0.3, 0.4) is 0 Å². The van der Waals surface area contributed by atoms with E-state index in [1.54, 1.807) is 4.90 Å². The summed E-state index contributed by atoms with van der Waals surface area (Å²) in [6.07, 6.45) is 1.06. The van der Waals surface area contributed by atoms with Crippen LogP contribution in [0.15, 0.2) is 0 Å². The normalized spacial score (nSPS) is 19.6. The first-order chi connectivity index (χ1) is 9.97. The maximum atomic E-state index is 12.2. The first kappa shape index (κ1) is 15.8. The molecule has 1 N–H and O–H groups in total. The molecule has 7 heteroatoms. The lowest BCUT2D eigenvalue weighted by molar-refractivity contribution is -0.132. The van der Waals surface area contributed by atoms with Crippen molar-refractivity contribution in [2.75, 3.05) is 6.54 Å². The fourth-order valence-corrected chi connectivity index (χ4v) is 2.87. The van der Waals surface area contributed by atoms with Gasteiger partial charge in [-0.1, -0.05) is 18.5 Å². The number of nitrogens with one attached hydrogen (secondary N) is 1. The van der Waals surface area contributed by atoms with E-state index in [1.165, 1.54) is 0 Å². The molecule has 1 aliphatic heterocycles. The molecule has 1 aromatic rings. The van der Waals surface area contributed by atoms with Gasteiger partial charge in [0.15, 0.2) is 0 Å². The highest BCUT2D eigenvalue weighted by Gasteiger charge is 2.28. The molecule has 21 heavy (non-hydrogen) atoms. The number of rotatable bonds is 4. The molecule has 2 heterocycles. The van der Waals surface area contributed by atoms with E-state index < -0.39 is 0 Å². The van der Waals surface area contributed by atoms with Gasteiger partial charge < -0.3 is 10.2 Å². The molecule has 2 rings (SSSR count). The lowest BCUT2D eigenvalue weighted by Crippen LogP contribution is -2.39. The number of nitrogens with zero attached hydrogens (tertiary/aromatic N) is 3. The summed E-state index contributed by atoms with van der Waals surface area (Å²) in [7, 11) is 0. The minimum Gasteiger partial charge on any atom is -0.347 e. The smallest absolute Gasteiger partial charge is 0.242 e. The number of hydrogen-bond acceptors (Lipinski definition) is 3. The van der Waals surface area contributed by atoms with Crippen molar-refractivity contribution >= 4 is 23.4 Å². The van der Waals surface area contributed by atoms with E-state index in [1.807, 2.05) is 25.5 Å². The molecule has 6 nitrogen and oxygen atoms in total. The van der Waals surface area contributed by atoms with Gasteiger partial charge in [-0.3, -0.25) is 14.3 Å². The van der Waals surface area contributed by atoms with E-state index in [9.17, 15) is 9.59 Å². The Kier molecular flexibility index (Phi) is 4.88. The number of carbonyl (C=O) groups is 2. The summed E-state index contributed by atoms with van der Waals surface area (Å²) in [4.78, 5) is 25.4. The molecule has 1 saturated heterocycles. The molecule has 0 radical (unpaired) electrons. The first-order valence-electron chi connectivity index (χ1n) is 7.28. The van der Waals surface area contributed by atoms with Crippen LogP contribution in [-0.4, -0.2) is 39.1 Å². The Morgan fingerprint density at radius 3 is 2.71 bits per heavy atom. The third-order valence-electron chi connectivity index (χ3n) is 3.78. The summed E-state index contributed by atoms with van der Waals surface area (Å²) >= 11 is 6.39. The van der Waals surface area contributed by atoms with Gasteiger partial charge in [-0.15, -0.1) is 0 Å². The molecule has 116 valence electrons. The van der Waals surface area contributed by atoms with Crippen molar-refractivity contribution in [2.45, 2.75) is 52.7 Å². The minimum atomic E-state index is -0.152. The van der Waals surface area contributed by atoms with Crippen molar-refractivity contribution in [3.8, 4) is 0 Å². The number of aromatic nitrogens is 2. The van der Waals surface area contributed by atoms with Crippen molar-refractivity contribution in [3.05, 3.63) is 16.4 Å². The van der Waals surface area contributed by atoms with Crippen LogP contribution in [0.4, 0.5) is 0 Å². The van der Waals surface area contributed by atoms with Crippen LogP contribution >= 0.6 is 11.6 Å². The second kappa shape index (κ2) is 6.47. The lowest BCUT2D eigenvalue weighted by atomic mass is 10.2. The van der Waals surface area contributed by atoms with Crippen LogP contribution < -0.4 is 5.32 Å². The van der Waals surface area contributed by atoms with Crippen LogP contribution in [0.25, 0.3) is 0 Å². The molecule has 0 saturated carbocycles. The topological polar surface area (TPSA) is 67.2 Å². The maximum absolute atomic E-state index is 12.2. The zero-order chi connectivity index (χ0) is 15.6. The van der Waals surface area contributed by atoms with Gasteiger partial charge in [0.25, 0.3) is 0 Å². The van der Waals surface area contributed by atoms with Crippen molar-refractivity contribution in [1.29, 1.82) is 0 Å². The number of halogens is 1. The second-order valence-electron chi connectivity index (χ2n) is 5.23. The summed E-state index contributed by atoms with van der Waals surface area (Å²) in [5.41, 5.74) is 1.68. The first-order valence-corrected chi connectivity index (χ1v) is 7.65. The van der Waals surface area contributed by atoms with Gasteiger partial charge in [-0.25, -0.2) is 0 Å². The van der Waals surface area contributed by atoms with Gasteiger partial charge in [0.1, 0.15) is 0 Å². The van der Waals surface area contributed by atoms with E-state index in [2.05, 4.69) is 10.4 Å². The van der Waals surface area contributed by atoms with Crippen LogP contribution in [0.1, 0.15) is 38.6 Å². The van der Waals surface area contributed by atoms with Gasteiger partial charge in [-0.05, 0) is 20.3 Å². The Bertz CT molecular complexity index is 555. The van der Waals surface area contributed by atoms with Gasteiger partial charge in [0, 0.05) is 19.0 Å². The summed E-state index contributed by atoms with van der Waals surface area (Å²) in [6.45, 7) is 6.99. The summed E-state index contributed by atoms with van der Waals surface area (Å²) in [6, 6.07) is -0.152. The van der Waals surface area contributed by atoms with Crippen molar-refractivity contribution in [2.24, 2.45) is 0 Å². The predicted molar refractivity (Wildman–Crippen MR) is 79.9 cm³/mol. The number of hydrogen-bond donors (Lipinski definition) is 1. The Morgan fingerprint density at radius 2 is 2.10 bits per heavy atom. The second-order valence-corrected chi connectivity index (χ2v) is 5.61. The van der Waals surface area contributed by atoms with E-state index >= 15 is 0 Å². The van der Waals surface area contributed by atoms with Crippen LogP contribution in [0, 0.1) is 0 Å². The molecule has 0 bridgehead atoms. The SMILES string of the molecule is CCc1nn(CC)c(CN2C(=O)CNC(=O)CC2C)c1Cl. The van der Waals surface area contributed by atoms with Crippen LogP contribution in [0.5, 0.6) is 0 Å². The number of aryl methyl sites for hydroxylation is 2. The molecule has 1 fully saturated rings. The summed E-state index contributed by atoms with van der Waals surface area (Å²) in [5.74, 6) is -0.186. The number of carbonyl (C=O) groups excluding carboxylic acids is 2. The lowest BCUT2D eigenvalue weighted by Gasteiger charge is -2.26. The van der Waals surface area contributed by atoms with Gasteiger partial charge in [0.05, 0.1) is 29.5 Å². The van der Waals surface area contributed by atoms with E-state index in [4.69, 9.17) is 11.6 Å². The van der Waals surface area contributed by atoms with Crippen molar-refractivity contribution in [1.82, 2.24) is 20.0 Å².